The fourth-order valence-electron chi connectivity index (χ4n) is 5.62. The van der Waals surface area contributed by atoms with E-state index in [0.717, 1.165) is 52.7 Å². The Bertz CT molecular complexity index is 1410. The number of aromatic nitrogens is 1. The number of rotatable bonds is 8. The summed E-state index contributed by atoms with van der Waals surface area (Å²) in [7, 11) is 3.65. The van der Waals surface area contributed by atoms with E-state index in [9.17, 15) is 18.0 Å². The monoisotopic (exact) mass is 597 g/mol. The lowest BCUT2D eigenvalue weighted by Crippen LogP contribution is -2.37. The van der Waals surface area contributed by atoms with Crippen molar-refractivity contribution in [2.45, 2.75) is 32.5 Å². The second-order valence-corrected chi connectivity index (χ2v) is 11.3. The molecule has 0 unspecified atom stereocenters. The Morgan fingerprint density at radius 3 is 2.53 bits per heavy atom. The van der Waals surface area contributed by atoms with Gasteiger partial charge < -0.3 is 29.5 Å². The van der Waals surface area contributed by atoms with Crippen LogP contribution in [-0.4, -0.2) is 75.6 Å². The van der Waals surface area contributed by atoms with Crippen molar-refractivity contribution in [3.05, 3.63) is 65.7 Å². The predicted molar refractivity (Wildman–Crippen MR) is 162 cm³/mol. The number of amides is 2. The molecular weight excluding hydrogens is 559 g/mol. The minimum Gasteiger partial charge on any atom is -0.497 e. The molecule has 230 valence electrons. The van der Waals surface area contributed by atoms with Crippen molar-refractivity contribution in [1.82, 2.24) is 9.88 Å². The first-order valence-corrected chi connectivity index (χ1v) is 14.5. The molecule has 8 nitrogen and oxygen atoms in total. The molecule has 1 aromatic heterocycles. The van der Waals surface area contributed by atoms with Gasteiger partial charge in [-0.05, 0) is 77.9 Å². The Morgan fingerprint density at radius 1 is 1.09 bits per heavy atom. The molecule has 3 aromatic rings. The van der Waals surface area contributed by atoms with Crippen LogP contribution < -0.4 is 19.9 Å². The Hall–Kier alpha value is -3.99. The van der Waals surface area contributed by atoms with Gasteiger partial charge in [0.15, 0.2) is 0 Å². The summed E-state index contributed by atoms with van der Waals surface area (Å²) >= 11 is 0. The molecule has 2 fully saturated rings. The summed E-state index contributed by atoms with van der Waals surface area (Å²) in [6, 6.07) is 17.3. The van der Waals surface area contributed by atoms with Crippen LogP contribution in [0.15, 0.2) is 54.6 Å². The number of benzene rings is 2. The lowest BCUT2D eigenvalue weighted by molar-refractivity contribution is -0.143. The summed E-state index contributed by atoms with van der Waals surface area (Å²) in [6.45, 7) is 5.79. The number of nitrogens with one attached hydrogen (secondary N) is 1. The third kappa shape index (κ3) is 7.90. The molecule has 0 aliphatic carbocycles. The number of carbonyl (C=O) groups is 1. The smallest absolute Gasteiger partial charge is 0.389 e. The van der Waals surface area contributed by atoms with Crippen LogP contribution in [0.25, 0.3) is 11.1 Å². The van der Waals surface area contributed by atoms with Gasteiger partial charge >= 0.3 is 12.2 Å². The molecule has 0 saturated carbocycles. The highest BCUT2D eigenvalue weighted by Crippen LogP contribution is 2.34. The minimum absolute atomic E-state index is 0.0984. The SMILES string of the molecule is COc1ccc(CN(C)c2cc(-c3cc(NC(=O)N4CC[C@@H](CC(F)(F)F)C4)ccc3C)cc(N3CCOCC3)n2)cc1. The maximum atomic E-state index is 13.0. The fraction of sp³-hybridized carbons (Fsp3) is 0.438. The highest BCUT2D eigenvalue weighted by molar-refractivity contribution is 5.91. The van der Waals surface area contributed by atoms with E-state index in [1.807, 2.05) is 62.5 Å². The zero-order chi connectivity index (χ0) is 30.6. The third-order valence-electron chi connectivity index (χ3n) is 8.00. The predicted octanol–water partition coefficient (Wildman–Crippen LogP) is 6.34. The number of hydrogen-bond acceptors (Lipinski definition) is 6. The van der Waals surface area contributed by atoms with Gasteiger partial charge in [-0.3, -0.25) is 0 Å². The maximum absolute atomic E-state index is 13.0. The maximum Gasteiger partial charge on any atom is 0.389 e. The van der Waals surface area contributed by atoms with Crippen molar-refractivity contribution in [1.29, 1.82) is 0 Å². The summed E-state index contributed by atoms with van der Waals surface area (Å²) < 4.78 is 49.4. The van der Waals surface area contributed by atoms with Crippen LogP contribution in [0.2, 0.25) is 0 Å². The number of alkyl halides is 3. The van der Waals surface area contributed by atoms with Gasteiger partial charge in [0.2, 0.25) is 0 Å². The molecule has 2 aliphatic heterocycles. The van der Waals surface area contributed by atoms with Crippen LogP contribution in [-0.2, 0) is 11.3 Å². The summed E-state index contributed by atoms with van der Waals surface area (Å²) in [5.41, 5.74) is 4.61. The second kappa shape index (κ2) is 13.1. The average molecular weight is 598 g/mol. The molecule has 2 saturated heterocycles. The molecule has 1 atom stereocenters. The van der Waals surface area contributed by atoms with E-state index < -0.39 is 18.5 Å². The Balaban J connectivity index is 1.39. The first-order chi connectivity index (χ1) is 20.6. The number of anilines is 3. The van der Waals surface area contributed by atoms with Crippen LogP contribution in [0, 0.1) is 12.8 Å². The standard InChI is InChI=1S/C32H38F3N5O3/c1-22-4-7-26(36-31(41)40-11-10-24(21-40)19-32(33,34)35)18-28(22)25-16-29(37-30(17-25)39-12-14-43-15-13-39)38(2)20-23-5-8-27(42-3)9-6-23/h4-9,16-18,24H,10-15,19-21H2,1-3H3,(H,36,41)/t24-/m0/s1. The number of likely N-dealkylation sites (tertiary alicyclic amines) is 1. The topological polar surface area (TPSA) is 70.2 Å². The number of morpholine rings is 1. The quantitative estimate of drug-likeness (QED) is 0.327. The number of methoxy groups -OCH3 is 1. The first-order valence-electron chi connectivity index (χ1n) is 14.5. The molecule has 0 spiro atoms. The first kappa shape index (κ1) is 30.5. The van der Waals surface area contributed by atoms with Gasteiger partial charge in [-0.2, -0.15) is 13.2 Å². The third-order valence-corrected chi connectivity index (χ3v) is 8.00. The van der Waals surface area contributed by atoms with Crippen LogP contribution in [0.1, 0.15) is 24.0 Å². The molecule has 2 aromatic carbocycles. The number of carbonyl (C=O) groups excluding carboxylic acids is 1. The van der Waals surface area contributed by atoms with Crippen LogP contribution in [0.4, 0.5) is 35.3 Å². The highest BCUT2D eigenvalue weighted by atomic mass is 19.4. The van der Waals surface area contributed by atoms with E-state index in [1.165, 1.54) is 4.90 Å². The number of ether oxygens (including phenoxy) is 2. The second-order valence-electron chi connectivity index (χ2n) is 11.3. The molecule has 5 rings (SSSR count). The van der Waals surface area contributed by atoms with Gasteiger partial charge in [0.1, 0.15) is 17.4 Å². The Morgan fingerprint density at radius 2 is 1.84 bits per heavy atom. The average Bonchev–Trinajstić information content (AvgIpc) is 3.46. The number of nitrogens with zero attached hydrogens (tertiary/aromatic N) is 4. The van der Waals surface area contributed by atoms with Gasteiger partial charge in [0.05, 0.1) is 20.3 Å². The minimum atomic E-state index is -4.23. The number of pyridine rings is 1. The number of hydrogen-bond donors (Lipinski definition) is 1. The van der Waals surface area contributed by atoms with Gasteiger partial charge in [-0.25, -0.2) is 9.78 Å². The zero-order valence-corrected chi connectivity index (χ0v) is 24.8. The number of halogens is 3. The molecule has 3 heterocycles. The van der Waals surface area contributed by atoms with Gasteiger partial charge in [0.25, 0.3) is 0 Å². The van der Waals surface area contributed by atoms with Crippen molar-refractivity contribution in [3.8, 4) is 16.9 Å². The number of aryl methyl sites for hydroxylation is 1. The van der Waals surface area contributed by atoms with Gasteiger partial charge in [-0.1, -0.05) is 18.2 Å². The summed E-state index contributed by atoms with van der Waals surface area (Å²) in [4.78, 5) is 23.8. The molecule has 0 radical (unpaired) electrons. The van der Waals surface area contributed by atoms with E-state index in [1.54, 1.807) is 7.11 Å². The zero-order valence-electron chi connectivity index (χ0n) is 24.8. The molecular formula is C32H38F3N5O3. The van der Waals surface area contributed by atoms with Crippen molar-refractivity contribution in [2.24, 2.45) is 5.92 Å². The van der Waals surface area contributed by atoms with Gasteiger partial charge in [0, 0.05) is 51.9 Å². The number of urea groups is 1. The lowest BCUT2D eigenvalue weighted by Gasteiger charge is -2.30. The molecule has 2 amide bonds. The van der Waals surface area contributed by atoms with E-state index in [2.05, 4.69) is 21.2 Å². The normalized spacial score (nSPS) is 17.2. The van der Waals surface area contributed by atoms with Crippen molar-refractivity contribution < 1.29 is 27.4 Å². The van der Waals surface area contributed by atoms with Crippen molar-refractivity contribution in [3.63, 3.8) is 0 Å². The van der Waals surface area contributed by atoms with Crippen molar-refractivity contribution >= 4 is 23.4 Å². The highest BCUT2D eigenvalue weighted by Gasteiger charge is 2.36. The largest absolute Gasteiger partial charge is 0.497 e. The van der Waals surface area contributed by atoms with Crippen LogP contribution >= 0.6 is 0 Å². The summed E-state index contributed by atoms with van der Waals surface area (Å²) in [5.74, 6) is 1.88. The molecule has 1 N–H and O–H groups in total. The summed E-state index contributed by atoms with van der Waals surface area (Å²) in [5, 5.41) is 2.90. The van der Waals surface area contributed by atoms with Crippen LogP contribution in [0.3, 0.4) is 0 Å². The molecule has 0 bridgehead atoms. The fourth-order valence-corrected chi connectivity index (χ4v) is 5.62. The van der Waals surface area contributed by atoms with Gasteiger partial charge in [-0.15, -0.1) is 0 Å². The van der Waals surface area contributed by atoms with E-state index >= 15 is 0 Å². The molecule has 43 heavy (non-hydrogen) atoms. The lowest BCUT2D eigenvalue weighted by atomic mass is 10.00. The molecule has 2 aliphatic rings. The van der Waals surface area contributed by atoms with E-state index in [4.69, 9.17) is 14.5 Å². The Labute approximate surface area is 250 Å². The Kier molecular flexibility index (Phi) is 9.29. The molecule has 11 heteroatoms. The summed E-state index contributed by atoms with van der Waals surface area (Å²) in [6.07, 6.45) is -4.75. The van der Waals surface area contributed by atoms with Crippen molar-refractivity contribution in [2.75, 3.05) is 68.7 Å². The van der Waals surface area contributed by atoms with E-state index in [0.29, 0.717) is 38.4 Å². The van der Waals surface area contributed by atoms with Crippen LogP contribution in [0.5, 0.6) is 5.75 Å². The van der Waals surface area contributed by atoms with E-state index in [-0.39, 0.29) is 12.6 Å².